The Hall–Kier alpha value is -1.31. The van der Waals surface area contributed by atoms with E-state index in [4.69, 9.17) is 20.9 Å². The van der Waals surface area contributed by atoms with Crippen molar-refractivity contribution < 1.29 is 17.9 Å². The van der Waals surface area contributed by atoms with Crippen molar-refractivity contribution in [1.82, 2.24) is 0 Å². The molecule has 0 aromatic heterocycles. The van der Waals surface area contributed by atoms with Gasteiger partial charge in [0.25, 0.3) is 0 Å². The van der Waals surface area contributed by atoms with Crippen LogP contribution in [0.2, 0.25) is 0 Å². The van der Waals surface area contributed by atoms with Gasteiger partial charge in [0.2, 0.25) is 6.79 Å². The van der Waals surface area contributed by atoms with Crippen molar-refractivity contribution >= 4 is 9.84 Å². The third kappa shape index (κ3) is 1.81. The molecule has 0 bridgehead atoms. The number of hydrogen-bond acceptors (Lipinski definition) is 6. The molecule has 1 heterocycles. The monoisotopic (exact) mass is 298 g/mol. The second-order valence-electron chi connectivity index (χ2n) is 5.28. The second-order valence-corrected chi connectivity index (χ2v) is 7.69. The minimum atomic E-state index is -3.23. The SMILES string of the molecule is CCS(=O)(=O)[C@H]1[C@@H](c2ccc3c(c2)OCO3)[C@@]1(N)CN. The molecule has 0 radical (unpaired) electrons. The summed E-state index contributed by atoms with van der Waals surface area (Å²) in [6, 6.07) is 5.42. The van der Waals surface area contributed by atoms with E-state index >= 15 is 0 Å². The van der Waals surface area contributed by atoms with Crippen LogP contribution < -0.4 is 20.9 Å². The number of fused-ring (bicyclic) bond motifs is 1. The quantitative estimate of drug-likeness (QED) is 0.809. The van der Waals surface area contributed by atoms with E-state index in [1.165, 1.54) is 0 Å². The topological polar surface area (TPSA) is 105 Å². The Morgan fingerprint density at radius 3 is 2.70 bits per heavy atom. The Morgan fingerprint density at radius 1 is 1.35 bits per heavy atom. The summed E-state index contributed by atoms with van der Waals surface area (Å²) in [6.07, 6.45) is 0. The summed E-state index contributed by atoms with van der Waals surface area (Å²) in [5, 5.41) is -0.620. The Labute approximate surface area is 118 Å². The Balaban J connectivity index is 1.98. The molecule has 2 aliphatic rings. The maximum absolute atomic E-state index is 12.2. The Morgan fingerprint density at radius 2 is 2.05 bits per heavy atom. The lowest BCUT2D eigenvalue weighted by molar-refractivity contribution is 0.174. The van der Waals surface area contributed by atoms with Crippen molar-refractivity contribution in [2.75, 3.05) is 19.1 Å². The maximum atomic E-state index is 12.2. The van der Waals surface area contributed by atoms with Gasteiger partial charge < -0.3 is 20.9 Å². The minimum absolute atomic E-state index is 0.0671. The molecule has 0 saturated heterocycles. The lowest BCUT2D eigenvalue weighted by Gasteiger charge is -2.08. The predicted octanol–water partition coefficient (Wildman–Crippen LogP) is -0.0280. The van der Waals surface area contributed by atoms with Crippen LogP contribution in [0.1, 0.15) is 18.4 Å². The largest absolute Gasteiger partial charge is 0.454 e. The van der Waals surface area contributed by atoms with Crippen LogP contribution in [0.5, 0.6) is 11.5 Å². The summed E-state index contributed by atoms with van der Waals surface area (Å²) in [7, 11) is -3.23. The molecule has 1 fully saturated rings. The number of rotatable bonds is 4. The third-order valence-electron chi connectivity index (χ3n) is 4.20. The van der Waals surface area contributed by atoms with Gasteiger partial charge in [0.1, 0.15) is 0 Å². The van der Waals surface area contributed by atoms with Crippen LogP contribution in [0.4, 0.5) is 0 Å². The fourth-order valence-corrected chi connectivity index (χ4v) is 5.00. The average Bonchev–Trinajstić information content (AvgIpc) is 2.83. The number of sulfone groups is 1. The predicted molar refractivity (Wildman–Crippen MR) is 74.5 cm³/mol. The lowest BCUT2D eigenvalue weighted by atomic mass is 10.1. The summed E-state index contributed by atoms with van der Waals surface area (Å²) >= 11 is 0. The first-order valence-electron chi connectivity index (χ1n) is 6.54. The van der Waals surface area contributed by atoms with Gasteiger partial charge in [-0.1, -0.05) is 13.0 Å². The first kappa shape index (κ1) is 13.7. The van der Waals surface area contributed by atoms with E-state index in [9.17, 15) is 8.42 Å². The van der Waals surface area contributed by atoms with E-state index in [2.05, 4.69) is 0 Å². The molecule has 7 heteroatoms. The second kappa shape index (κ2) is 4.34. The van der Waals surface area contributed by atoms with Crippen LogP contribution in [0.15, 0.2) is 18.2 Å². The zero-order valence-electron chi connectivity index (χ0n) is 11.2. The van der Waals surface area contributed by atoms with Gasteiger partial charge in [0, 0.05) is 18.2 Å². The molecule has 1 aliphatic heterocycles. The fourth-order valence-electron chi connectivity index (χ4n) is 2.98. The molecule has 1 aliphatic carbocycles. The highest BCUT2D eigenvalue weighted by Gasteiger charge is 2.67. The zero-order chi connectivity index (χ0) is 14.5. The molecular formula is C13H18N2O4S. The number of hydrogen-bond donors (Lipinski definition) is 2. The van der Waals surface area contributed by atoms with Gasteiger partial charge in [-0.05, 0) is 17.7 Å². The standard InChI is InChI=1S/C13H18N2O4S/c1-2-20(16,17)12-11(13(12,15)6-14)8-3-4-9-10(5-8)19-7-18-9/h3-5,11-12H,2,6-7,14-15H2,1H3/t11-,12+,13+/m1/s1. The van der Waals surface area contributed by atoms with E-state index < -0.39 is 20.6 Å². The molecule has 6 nitrogen and oxygen atoms in total. The molecule has 4 N–H and O–H groups in total. The van der Waals surface area contributed by atoms with Crippen molar-refractivity contribution in [1.29, 1.82) is 0 Å². The smallest absolute Gasteiger partial charge is 0.231 e. The van der Waals surface area contributed by atoms with Crippen LogP contribution in [0, 0.1) is 0 Å². The third-order valence-corrected chi connectivity index (χ3v) is 6.49. The summed E-state index contributed by atoms with van der Waals surface area (Å²) in [4.78, 5) is 0. The molecule has 1 aromatic carbocycles. The molecule has 1 saturated carbocycles. The molecule has 110 valence electrons. The highest BCUT2D eigenvalue weighted by molar-refractivity contribution is 7.92. The van der Waals surface area contributed by atoms with Crippen molar-refractivity contribution in [2.45, 2.75) is 23.6 Å². The zero-order valence-corrected chi connectivity index (χ0v) is 12.0. The Kier molecular flexibility index (Phi) is 2.97. The van der Waals surface area contributed by atoms with Crippen LogP contribution in [-0.4, -0.2) is 38.3 Å². The molecular weight excluding hydrogens is 280 g/mol. The van der Waals surface area contributed by atoms with Crippen LogP contribution in [0.3, 0.4) is 0 Å². The van der Waals surface area contributed by atoms with Crippen molar-refractivity contribution in [3.63, 3.8) is 0 Å². The van der Waals surface area contributed by atoms with Gasteiger partial charge in [-0.2, -0.15) is 0 Å². The van der Waals surface area contributed by atoms with Gasteiger partial charge in [0.15, 0.2) is 21.3 Å². The van der Waals surface area contributed by atoms with E-state index in [-0.39, 0.29) is 25.0 Å². The van der Waals surface area contributed by atoms with E-state index in [0.29, 0.717) is 11.5 Å². The van der Waals surface area contributed by atoms with E-state index in [0.717, 1.165) is 5.56 Å². The summed E-state index contributed by atoms with van der Waals surface area (Å²) in [6.45, 7) is 1.95. The highest BCUT2D eigenvalue weighted by Crippen LogP contribution is 2.54. The fraction of sp³-hybridized carbons (Fsp3) is 0.538. The summed E-state index contributed by atoms with van der Waals surface area (Å²) in [5.74, 6) is 1.07. The van der Waals surface area contributed by atoms with Crippen LogP contribution in [0.25, 0.3) is 0 Å². The van der Waals surface area contributed by atoms with Gasteiger partial charge in [-0.3, -0.25) is 0 Å². The molecule has 0 amide bonds. The van der Waals surface area contributed by atoms with Gasteiger partial charge >= 0.3 is 0 Å². The van der Waals surface area contributed by atoms with Gasteiger partial charge in [-0.25, -0.2) is 8.42 Å². The molecule has 0 unspecified atom stereocenters. The van der Waals surface area contributed by atoms with Crippen LogP contribution >= 0.6 is 0 Å². The van der Waals surface area contributed by atoms with Gasteiger partial charge in [-0.15, -0.1) is 0 Å². The Bertz CT molecular complexity index is 646. The van der Waals surface area contributed by atoms with E-state index in [1.807, 2.05) is 6.07 Å². The number of benzene rings is 1. The average molecular weight is 298 g/mol. The summed E-state index contributed by atoms with van der Waals surface area (Å²) in [5.41, 5.74) is 11.9. The first-order chi connectivity index (χ1) is 9.44. The molecule has 20 heavy (non-hydrogen) atoms. The molecule has 0 spiro atoms. The molecule has 3 atom stereocenters. The maximum Gasteiger partial charge on any atom is 0.231 e. The normalized spacial score (nSPS) is 31.4. The highest BCUT2D eigenvalue weighted by atomic mass is 32.2. The van der Waals surface area contributed by atoms with Crippen molar-refractivity contribution in [2.24, 2.45) is 11.5 Å². The van der Waals surface area contributed by atoms with E-state index in [1.54, 1.807) is 19.1 Å². The number of ether oxygens (including phenoxy) is 2. The first-order valence-corrected chi connectivity index (χ1v) is 8.25. The summed E-state index contributed by atoms with van der Waals surface area (Å²) < 4.78 is 34.9. The van der Waals surface area contributed by atoms with Crippen molar-refractivity contribution in [3.05, 3.63) is 23.8 Å². The molecule has 1 aromatic rings. The molecule has 3 rings (SSSR count). The minimum Gasteiger partial charge on any atom is -0.454 e. The lowest BCUT2D eigenvalue weighted by Crippen LogP contribution is -2.39. The van der Waals surface area contributed by atoms with Crippen LogP contribution in [-0.2, 0) is 9.84 Å². The number of nitrogens with two attached hydrogens (primary N) is 2. The van der Waals surface area contributed by atoms with Crippen molar-refractivity contribution in [3.8, 4) is 11.5 Å². The van der Waals surface area contributed by atoms with Gasteiger partial charge in [0.05, 0.1) is 10.8 Å².